The third kappa shape index (κ3) is 2.74. The van der Waals surface area contributed by atoms with E-state index < -0.39 is 0 Å². The third-order valence-corrected chi connectivity index (χ3v) is 2.78. The quantitative estimate of drug-likeness (QED) is 0.847. The summed E-state index contributed by atoms with van der Waals surface area (Å²) in [4.78, 5) is 4.24. The lowest BCUT2D eigenvalue weighted by Gasteiger charge is -2.10. The molecule has 2 aromatic rings. The number of nitrogens with zero attached hydrogens (tertiary/aromatic N) is 1. The van der Waals surface area contributed by atoms with Crippen molar-refractivity contribution in [3.05, 3.63) is 36.0 Å². The summed E-state index contributed by atoms with van der Waals surface area (Å²) in [6.07, 6.45) is 1.87. The summed E-state index contributed by atoms with van der Waals surface area (Å²) in [5.74, 6) is 1.26. The summed E-state index contributed by atoms with van der Waals surface area (Å²) in [6.45, 7) is 6.25. The van der Waals surface area contributed by atoms with Gasteiger partial charge in [-0.3, -0.25) is 0 Å². The van der Waals surface area contributed by atoms with Crippen LogP contribution in [0.2, 0.25) is 0 Å². The third-order valence-electron chi connectivity index (χ3n) is 2.78. The number of benzene rings is 1. The van der Waals surface area contributed by atoms with Crippen molar-refractivity contribution in [1.82, 2.24) is 10.3 Å². The van der Waals surface area contributed by atoms with Crippen molar-refractivity contribution in [1.29, 1.82) is 0 Å². The van der Waals surface area contributed by atoms with Gasteiger partial charge >= 0.3 is 0 Å². The molecule has 3 heteroatoms. The molecule has 0 aliphatic heterocycles. The number of rotatable bonds is 4. The monoisotopic (exact) mass is 229 g/mol. The molecule has 0 fully saturated rings. The largest absolute Gasteiger partial charge is 0.383 e. The fourth-order valence-corrected chi connectivity index (χ4v) is 1.91. The molecule has 2 rings (SSSR count). The van der Waals surface area contributed by atoms with Gasteiger partial charge in [0, 0.05) is 18.1 Å². The van der Waals surface area contributed by atoms with Crippen molar-refractivity contribution < 1.29 is 0 Å². The molecule has 0 aliphatic carbocycles. The number of anilines is 1. The molecule has 17 heavy (non-hydrogen) atoms. The molecular weight excluding hydrogens is 210 g/mol. The van der Waals surface area contributed by atoms with E-state index in [-0.39, 0.29) is 0 Å². The number of hydrogen-bond donors (Lipinski definition) is 2. The van der Waals surface area contributed by atoms with Crippen molar-refractivity contribution in [2.75, 3.05) is 12.3 Å². The van der Waals surface area contributed by atoms with Gasteiger partial charge in [0.2, 0.25) is 0 Å². The first kappa shape index (κ1) is 11.9. The van der Waals surface area contributed by atoms with Gasteiger partial charge < -0.3 is 11.1 Å². The van der Waals surface area contributed by atoms with Crippen LogP contribution in [-0.2, 0) is 6.54 Å². The highest BCUT2D eigenvalue weighted by molar-refractivity contribution is 5.92. The molecule has 0 saturated heterocycles. The summed E-state index contributed by atoms with van der Waals surface area (Å²) in [5, 5.41) is 5.66. The first-order valence-electron chi connectivity index (χ1n) is 6.01. The Morgan fingerprint density at radius 2 is 1.94 bits per heavy atom. The Morgan fingerprint density at radius 3 is 2.65 bits per heavy atom. The molecule has 0 bridgehead atoms. The molecule has 0 amide bonds. The van der Waals surface area contributed by atoms with Gasteiger partial charge in [0.15, 0.2) is 0 Å². The van der Waals surface area contributed by atoms with Gasteiger partial charge in [0.1, 0.15) is 5.82 Å². The van der Waals surface area contributed by atoms with Crippen molar-refractivity contribution in [2.24, 2.45) is 5.92 Å². The zero-order valence-electron chi connectivity index (χ0n) is 10.4. The fraction of sp³-hybridized carbons (Fsp3) is 0.357. The SMILES string of the molecule is CC(C)CNCc1cnc(N)c2ccccc12. The topological polar surface area (TPSA) is 50.9 Å². The highest BCUT2D eigenvalue weighted by Gasteiger charge is 2.04. The van der Waals surface area contributed by atoms with Gasteiger partial charge in [0.25, 0.3) is 0 Å². The molecule has 0 radical (unpaired) electrons. The van der Waals surface area contributed by atoms with E-state index >= 15 is 0 Å². The van der Waals surface area contributed by atoms with Crippen molar-refractivity contribution >= 4 is 16.6 Å². The average molecular weight is 229 g/mol. The predicted octanol–water partition coefficient (Wildman–Crippen LogP) is 2.56. The Morgan fingerprint density at radius 1 is 1.24 bits per heavy atom. The lowest BCUT2D eigenvalue weighted by atomic mass is 10.1. The van der Waals surface area contributed by atoms with Crippen LogP contribution >= 0.6 is 0 Å². The van der Waals surface area contributed by atoms with Crippen LogP contribution in [0.15, 0.2) is 30.5 Å². The van der Waals surface area contributed by atoms with E-state index in [4.69, 9.17) is 5.73 Å². The van der Waals surface area contributed by atoms with Crippen LogP contribution in [0.5, 0.6) is 0 Å². The Kier molecular flexibility index (Phi) is 3.59. The maximum absolute atomic E-state index is 5.87. The van der Waals surface area contributed by atoms with Crippen molar-refractivity contribution in [2.45, 2.75) is 20.4 Å². The van der Waals surface area contributed by atoms with Crippen LogP contribution < -0.4 is 11.1 Å². The van der Waals surface area contributed by atoms with Gasteiger partial charge in [0.05, 0.1) is 0 Å². The molecule has 1 aromatic carbocycles. The number of nitrogens with two attached hydrogens (primary N) is 1. The molecule has 0 unspecified atom stereocenters. The van der Waals surface area contributed by atoms with Gasteiger partial charge in [-0.1, -0.05) is 38.1 Å². The van der Waals surface area contributed by atoms with Crippen LogP contribution in [-0.4, -0.2) is 11.5 Å². The first-order valence-corrected chi connectivity index (χ1v) is 6.01. The van der Waals surface area contributed by atoms with Crippen molar-refractivity contribution in [3.8, 4) is 0 Å². The molecule has 0 spiro atoms. The molecule has 0 atom stereocenters. The zero-order valence-corrected chi connectivity index (χ0v) is 10.4. The molecule has 90 valence electrons. The molecule has 1 heterocycles. The van der Waals surface area contributed by atoms with E-state index in [1.54, 1.807) is 0 Å². The standard InChI is InChI=1S/C14H19N3/c1-10(2)7-16-8-11-9-17-14(15)13-6-4-3-5-12(11)13/h3-6,9-10,16H,7-8H2,1-2H3,(H2,15,17). The average Bonchev–Trinajstić information content (AvgIpc) is 2.32. The summed E-state index contributed by atoms with van der Waals surface area (Å²) in [6, 6.07) is 8.14. The Labute approximate surface area is 102 Å². The second-order valence-corrected chi connectivity index (χ2v) is 4.74. The smallest absolute Gasteiger partial charge is 0.131 e. The van der Waals surface area contributed by atoms with E-state index in [1.807, 2.05) is 24.4 Å². The highest BCUT2D eigenvalue weighted by Crippen LogP contribution is 2.22. The van der Waals surface area contributed by atoms with Crippen LogP contribution in [0.4, 0.5) is 5.82 Å². The summed E-state index contributed by atoms with van der Waals surface area (Å²) in [5.41, 5.74) is 7.07. The zero-order chi connectivity index (χ0) is 12.3. The predicted molar refractivity (Wildman–Crippen MR) is 72.7 cm³/mol. The summed E-state index contributed by atoms with van der Waals surface area (Å²) >= 11 is 0. The fourth-order valence-electron chi connectivity index (χ4n) is 1.91. The van der Waals surface area contributed by atoms with Gasteiger partial charge in [-0.2, -0.15) is 0 Å². The van der Waals surface area contributed by atoms with Gasteiger partial charge in [-0.15, -0.1) is 0 Å². The summed E-state index contributed by atoms with van der Waals surface area (Å²) < 4.78 is 0. The Hall–Kier alpha value is -1.61. The number of aromatic nitrogens is 1. The molecule has 0 saturated carbocycles. The maximum Gasteiger partial charge on any atom is 0.131 e. The number of fused-ring (bicyclic) bond motifs is 1. The minimum Gasteiger partial charge on any atom is -0.383 e. The van der Waals surface area contributed by atoms with E-state index in [9.17, 15) is 0 Å². The maximum atomic E-state index is 5.87. The normalized spacial score (nSPS) is 11.2. The van der Waals surface area contributed by atoms with Crippen LogP contribution in [0.1, 0.15) is 19.4 Å². The van der Waals surface area contributed by atoms with Gasteiger partial charge in [-0.05, 0) is 23.4 Å². The van der Waals surface area contributed by atoms with Crippen LogP contribution in [0.3, 0.4) is 0 Å². The number of nitrogen functional groups attached to an aromatic ring is 1. The molecule has 1 aromatic heterocycles. The number of hydrogen-bond acceptors (Lipinski definition) is 3. The molecule has 3 nitrogen and oxygen atoms in total. The van der Waals surface area contributed by atoms with E-state index in [0.717, 1.165) is 18.5 Å². The van der Waals surface area contributed by atoms with Gasteiger partial charge in [-0.25, -0.2) is 4.98 Å². The number of pyridine rings is 1. The molecule has 0 aliphatic rings. The van der Waals surface area contributed by atoms with Crippen LogP contribution in [0.25, 0.3) is 10.8 Å². The Bertz CT molecular complexity index is 506. The second kappa shape index (κ2) is 5.15. The van der Waals surface area contributed by atoms with E-state index in [0.29, 0.717) is 11.7 Å². The minimum atomic E-state index is 0.605. The minimum absolute atomic E-state index is 0.605. The number of nitrogens with one attached hydrogen (secondary N) is 1. The Balaban J connectivity index is 2.26. The highest BCUT2D eigenvalue weighted by atomic mass is 14.9. The second-order valence-electron chi connectivity index (χ2n) is 4.74. The van der Waals surface area contributed by atoms with Crippen LogP contribution in [0, 0.1) is 5.92 Å². The lowest BCUT2D eigenvalue weighted by Crippen LogP contribution is -2.19. The first-order chi connectivity index (χ1) is 8.18. The molecular formula is C14H19N3. The van der Waals surface area contributed by atoms with E-state index in [2.05, 4.69) is 30.2 Å². The van der Waals surface area contributed by atoms with Crippen molar-refractivity contribution in [3.63, 3.8) is 0 Å². The molecule has 3 N–H and O–H groups in total. The lowest BCUT2D eigenvalue weighted by molar-refractivity contribution is 0.553. The summed E-state index contributed by atoms with van der Waals surface area (Å²) in [7, 11) is 0. The van der Waals surface area contributed by atoms with E-state index in [1.165, 1.54) is 10.9 Å².